The van der Waals surface area contributed by atoms with Crippen molar-refractivity contribution >= 4 is 52.4 Å². The van der Waals surface area contributed by atoms with Crippen molar-refractivity contribution in [2.24, 2.45) is 0 Å². The third-order valence-corrected chi connectivity index (χ3v) is 4.82. The smallest absolute Gasteiger partial charge is 0.367 e. The first-order valence-electron chi connectivity index (χ1n) is 6.74. The minimum absolute atomic E-state index is 0.402. The second-order valence-electron chi connectivity index (χ2n) is 5.89. The van der Waals surface area contributed by atoms with E-state index >= 15 is 0 Å². The van der Waals surface area contributed by atoms with E-state index in [0.717, 1.165) is 0 Å². The first-order valence-corrected chi connectivity index (χ1v) is 8.41. The number of hydrogen-bond donors (Lipinski definition) is 3. The minimum atomic E-state index is -2.79. The maximum absolute atomic E-state index is 11.5. The number of halogens is 4. The minimum Gasteiger partial charge on any atom is -0.477 e. The van der Waals surface area contributed by atoms with Gasteiger partial charge in [0.2, 0.25) is 9.58 Å². The van der Waals surface area contributed by atoms with Crippen LogP contribution in [0.25, 0.3) is 0 Å². The van der Waals surface area contributed by atoms with E-state index in [0.29, 0.717) is 0 Å². The largest absolute Gasteiger partial charge is 0.477 e. The summed E-state index contributed by atoms with van der Waals surface area (Å²) in [6, 6.07) is 0. The Morgan fingerprint density at radius 3 is 2.33 bits per heavy atom. The second kappa shape index (κ2) is 6.53. The number of carboxylic acids is 1. The Balaban J connectivity index is 2.39. The van der Waals surface area contributed by atoms with Gasteiger partial charge in [-0.1, -0.05) is 34.8 Å². The van der Waals surface area contributed by atoms with Crippen molar-refractivity contribution in [2.45, 2.75) is 53.3 Å². The Labute approximate surface area is 157 Å². The summed E-state index contributed by atoms with van der Waals surface area (Å²) in [5.74, 6) is -8.43. The Kier molecular flexibility index (Phi) is 5.63. The van der Waals surface area contributed by atoms with Crippen molar-refractivity contribution in [2.75, 3.05) is 12.5 Å². The summed E-state index contributed by atoms with van der Waals surface area (Å²) in [6.45, 7) is 2.37. The van der Waals surface area contributed by atoms with E-state index in [4.69, 9.17) is 65.4 Å². The summed E-state index contributed by atoms with van der Waals surface area (Å²) < 4.78 is 19.1. The highest BCUT2D eigenvalue weighted by molar-refractivity contribution is 6.68. The fourth-order valence-corrected chi connectivity index (χ4v) is 3.55. The van der Waals surface area contributed by atoms with Crippen LogP contribution in [-0.2, 0) is 23.7 Å². The highest BCUT2D eigenvalue weighted by Gasteiger charge is 2.66. The molecule has 1 unspecified atom stereocenters. The van der Waals surface area contributed by atoms with Crippen LogP contribution in [0, 0.1) is 0 Å². The predicted molar refractivity (Wildman–Crippen MR) is 83.2 cm³/mol. The van der Waals surface area contributed by atoms with Gasteiger partial charge in [-0.15, -0.1) is 11.6 Å². The molecule has 3 N–H and O–H groups in total. The molecule has 0 spiro atoms. The van der Waals surface area contributed by atoms with Gasteiger partial charge in [0.05, 0.1) is 12.5 Å². The highest BCUT2D eigenvalue weighted by atomic mass is 35.6. The number of carboxylic acid groups (broad SMARTS) is 1. The molecule has 0 aromatic carbocycles. The van der Waals surface area contributed by atoms with Crippen LogP contribution in [0.2, 0.25) is 0 Å². The standard InChI is InChI=1S/C12H16Cl4O8/c1-9(2)23-7(11(20,24-9)8(18)19)6-5(17)3-21-10(4-13,22-6)12(14,15)16/h5-7,17,20H,3-4H2,1-2H3,(H,18,19)/t5-,6+,7-,10?,11-/m0/s1. The first kappa shape index (κ1) is 20.7. The van der Waals surface area contributed by atoms with Crippen molar-refractivity contribution in [1.82, 2.24) is 0 Å². The summed E-state index contributed by atoms with van der Waals surface area (Å²) in [7, 11) is 0. The summed E-state index contributed by atoms with van der Waals surface area (Å²) in [6.07, 6.45) is -4.50. The monoisotopic (exact) mass is 428 g/mol. The summed E-state index contributed by atoms with van der Waals surface area (Å²) in [5.41, 5.74) is 0. The van der Waals surface area contributed by atoms with Gasteiger partial charge in [-0.05, 0) is 13.8 Å². The van der Waals surface area contributed by atoms with Crippen LogP contribution >= 0.6 is 46.4 Å². The first-order chi connectivity index (χ1) is 10.8. The van der Waals surface area contributed by atoms with E-state index in [2.05, 4.69) is 0 Å². The number of hydrogen-bond acceptors (Lipinski definition) is 7. The highest BCUT2D eigenvalue weighted by Crippen LogP contribution is 2.48. The Morgan fingerprint density at radius 1 is 1.29 bits per heavy atom. The fourth-order valence-electron chi connectivity index (χ4n) is 2.50. The summed E-state index contributed by atoms with van der Waals surface area (Å²) in [5, 5.41) is 29.8. The number of aliphatic carboxylic acids is 1. The molecule has 2 saturated heterocycles. The van der Waals surface area contributed by atoms with Gasteiger partial charge in [-0.25, -0.2) is 4.79 Å². The van der Waals surface area contributed by atoms with Gasteiger partial charge in [0.15, 0.2) is 11.9 Å². The Bertz CT molecular complexity index is 512. The van der Waals surface area contributed by atoms with Crippen LogP contribution in [0.4, 0.5) is 0 Å². The third kappa shape index (κ3) is 3.46. The number of aliphatic hydroxyl groups excluding tert-OH is 1. The molecule has 0 aromatic heterocycles. The molecular formula is C12H16Cl4O8. The van der Waals surface area contributed by atoms with Gasteiger partial charge in [0.25, 0.3) is 5.79 Å². The topological polar surface area (TPSA) is 115 Å². The molecule has 12 heteroatoms. The van der Waals surface area contributed by atoms with Crippen molar-refractivity contribution in [3.05, 3.63) is 0 Å². The zero-order valence-corrected chi connectivity index (χ0v) is 15.6. The third-order valence-electron chi connectivity index (χ3n) is 3.60. The molecular weight excluding hydrogens is 414 g/mol. The molecule has 2 heterocycles. The Morgan fingerprint density at radius 2 is 1.88 bits per heavy atom. The number of ether oxygens (including phenoxy) is 4. The van der Waals surface area contributed by atoms with Crippen molar-refractivity contribution in [1.29, 1.82) is 0 Å². The molecule has 8 nitrogen and oxygen atoms in total. The van der Waals surface area contributed by atoms with Crippen molar-refractivity contribution in [3.8, 4) is 0 Å². The van der Waals surface area contributed by atoms with E-state index < -0.39 is 57.9 Å². The van der Waals surface area contributed by atoms with E-state index in [1.165, 1.54) is 13.8 Å². The van der Waals surface area contributed by atoms with Gasteiger partial charge >= 0.3 is 5.97 Å². The van der Waals surface area contributed by atoms with Crippen LogP contribution in [0.3, 0.4) is 0 Å². The maximum atomic E-state index is 11.5. The lowest BCUT2D eigenvalue weighted by molar-refractivity contribution is -0.334. The molecule has 140 valence electrons. The summed E-state index contributed by atoms with van der Waals surface area (Å²) >= 11 is 23.3. The predicted octanol–water partition coefficient (Wildman–Crippen LogP) is 0.993. The fraction of sp³-hybridized carbons (Fsp3) is 0.917. The van der Waals surface area contributed by atoms with Crippen LogP contribution in [0.5, 0.6) is 0 Å². The van der Waals surface area contributed by atoms with Crippen molar-refractivity contribution in [3.63, 3.8) is 0 Å². The Hall–Kier alpha value is 0.390. The van der Waals surface area contributed by atoms with Crippen LogP contribution in [0.1, 0.15) is 13.8 Å². The lowest BCUT2D eigenvalue weighted by atomic mass is 9.98. The lowest BCUT2D eigenvalue weighted by Gasteiger charge is -2.47. The van der Waals surface area contributed by atoms with E-state index in [9.17, 15) is 20.1 Å². The molecule has 0 radical (unpaired) electrons. The maximum Gasteiger partial charge on any atom is 0.367 e. The molecule has 0 aromatic rings. The number of alkyl halides is 4. The van der Waals surface area contributed by atoms with Gasteiger partial charge in [-0.2, -0.15) is 0 Å². The second-order valence-corrected chi connectivity index (χ2v) is 8.44. The number of rotatable bonds is 3. The van der Waals surface area contributed by atoms with Crippen molar-refractivity contribution < 1.29 is 39.1 Å². The molecule has 0 amide bonds. The lowest BCUT2D eigenvalue weighted by Crippen LogP contribution is -2.66. The molecule has 0 saturated carbocycles. The van der Waals surface area contributed by atoms with Gasteiger partial charge < -0.3 is 34.3 Å². The SMILES string of the molecule is CC1(C)O[C@@H]([C@@H]2OC(CCl)(C(Cl)(Cl)Cl)OC[C@@H]2O)[C@@](O)(C(=O)O)O1. The van der Waals surface area contributed by atoms with Gasteiger partial charge in [0.1, 0.15) is 12.2 Å². The normalized spacial score (nSPS) is 42.9. The average molecular weight is 430 g/mol. The molecule has 0 aliphatic carbocycles. The zero-order valence-electron chi connectivity index (χ0n) is 12.5. The van der Waals surface area contributed by atoms with Crippen LogP contribution in [0.15, 0.2) is 0 Å². The molecule has 2 aliphatic rings. The molecule has 2 rings (SSSR count). The quantitative estimate of drug-likeness (QED) is 0.569. The zero-order chi connectivity index (χ0) is 18.6. The number of aliphatic hydroxyl groups is 2. The molecule has 5 atom stereocenters. The van der Waals surface area contributed by atoms with Crippen LogP contribution < -0.4 is 0 Å². The summed E-state index contributed by atoms with van der Waals surface area (Å²) in [4.78, 5) is 11.5. The molecule has 0 bridgehead atoms. The molecule has 2 fully saturated rings. The molecule has 2 aliphatic heterocycles. The number of carbonyl (C=O) groups is 1. The van der Waals surface area contributed by atoms with Crippen LogP contribution in [-0.4, -0.2) is 73.2 Å². The average Bonchev–Trinajstić information content (AvgIpc) is 2.69. The van der Waals surface area contributed by atoms with Gasteiger partial charge in [0, 0.05) is 0 Å². The van der Waals surface area contributed by atoms with E-state index in [1.807, 2.05) is 0 Å². The van der Waals surface area contributed by atoms with E-state index in [1.54, 1.807) is 0 Å². The molecule has 24 heavy (non-hydrogen) atoms. The van der Waals surface area contributed by atoms with E-state index in [-0.39, 0.29) is 0 Å². The van der Waals surface area contributed by atoms with Gasteiger partial charge in [-0.3, -0.25) is 0 Å².